The third-order valence-corrected chi connectivity index (χ3v) is 3.65. The van der Waals surface area contributed by atoms with Gasteiger partial charge in [0.05, 0.1) is 17.8 Å². The van der Waals surface area contributed by atoms with E-state index in [-0.39, 0.29) is 12.5 Å². The number of ether oxygens (including phenoxy) is 1. The lowest BCUT2D eigenvalue weighted by Gasteiger charge is -2.16. The zero-order chi connectivity index (χ0) is 16.9. The van der Waals surface area contributed by atoms with Crippen molar-refractivity contribution in [2.45, 2.75) is 19.6 Å². The summed E-state index contributed by atoms with van der Waals surface area (Å²) in [4.78, 5) is 16.7. The molecule has 0 fully saturated rings. The molecular formula is C19H18N2O3. The first kappa shape index (κ1) is 16.0. The molecule has 2 N–H and O–H groups in total. The minimum Gasteiger partial charge on any atom is -0.481 e. The zero-order valence-corrected chi connectivity index (χ0v) is 13.3. The van der Waals surface area contributed by atoms with Crippen LogP contribution in [0.2, 0.25) is 0 Å². The number of carbonyl (C=O) groups excluding carboxylic acids is 1. The summed E-state index contributed by atoms with van der Waals surface area (Å²) in [6.07, 6.45) is 1.01. The van der Waals surface area contributed by atoms with Gasteiger partial charge in [-0.15, -0.1) is 0 Å². The Morgan fingerprint density at radius 1 is 1.21 bits per heavy atom. The summed E-state index contributed by atoms with van der Waals surface area (Å²) in [7, 11) is 0. The molecule has 0 bridgehead atoms. The number of amides is 1. The van der Waals surface area contributed by atoms with Crippen molar-refractivity contribution in [2.24, 2.45) is 0 Å². The molecule has 1 aromatic heterocycles. The molecule has 1 unspecified atom stereocenters. The predicted molar refractivity (Wildman–Crippen MR) is 92.8 cm³/mol. The summed E-state index contributed by atoms with van der Waals surface area (Å²) >= 11 is 0. The Labute approximate surface area is 139 Å². The highest BCUT2D eigenvalue weighted by atomic mass is 16.5. The van der Waals surface area contributed by atoms with Gasteiger partial charge in [-0.25, -0.2) is 0 Å². The quantitative estimate of drug-likeness (QED) is 0.757. The van der Waals surface area contributed by atoms with Gasteiger partial charge in [0, 0.05) is 11.6 Å². The molecular weight excluding hydrogens is 304 g/mol. The summed E-state index contributed by atoms with van der Waals surface area (Å²) in [6, 6.07) is 16.5. The minimum absolute atomic E-state index is 0.0700. The number of para-hydroxylation sites is 1. The molecule has 0 aliphatic rings. The molecule has 1 atom stereocenters. The van der Waals surface area contributed by atoms with Crippen LogP contribution in [0, 0.1) is 0 Å². The lowest BCUT2D eigenvalue weighted by Crippen LogP contribution is -2.30. The van der Waals surface area contributed by atoms with E-state index in [4.69, 9.17) is 9.84 Å². The maximum Gasteiger partial charge on any atom is 0.265 e. The predicted octanol–water partition coefficient (Wildman–Crippen LogP) is 3.13. The van der Waals surface area contributed by atoms with Crippen LogP contribution in [0.15, 0.2) is 60.8 Å². The number of anilines is 1. The number of carbonyl (C=O) groups is 1. The van der Waals surface area contributed by atoms with E-state index in [1.807, 2.05) is 30.3 Å². The fourth-order valence-corrected chi connectivity index (χ4v) is 2.41. The molecule has 2 aromatic carbocycles. The molecule has 0 saturated carbocycles. The number of nitrogens with one attached hydrogen (secondary N) is 1. The lowest BCUT2D eigenvalue weighted by molar-refractivity contribution is -0.122. The topological polar surface area (TPSA) is 71.5 Å². The van der Waals surface area contributed by atoms with E-state index >= 15 is 0 Å². The van der Waals surface area contributed by atoms with Crippen LogP contribution >= 0.6 is 0 Å². The fourth-order valence-electron chi connectivity index (χ4n) is 2.41. The van der Waals surface area contributed by atoms with Crippen molar-refractivity contribution in [1.29, 1.82) is 0 Å². The monoisotopic (exact) mass is 322 g/mol. The average Bonchev–Trinajstić information content (AvgIpc) is 2.62. The van der Waals surface area contributed by atoms with Crippen LogP contribution in [-0.4, -0.2) is 22.1 Å². The summed E-state index contributed by atoms with van der Waals surface area (Å²) in [5.41, 5.74) is 2.12. The molecule has 0 saturated heterocycles. The number of hydrogen-bond donors (Lipinski definition) is 2. The van der Waals surface area contributed by atoms with Crippen molar-refractivity contribution in [2.75, 3.05) is 5.32 Å². The van der Waals surface area contributed by atoms with E-state index < -0.39 is 6.10 Å². The van der Waals surface area contributed by atoms with Crippen LogP contribution in [0.25, 0.3) is 10.9 Å². The molecule has 0 radical (unpaired) electrons. The highest BCUT2D eigenvalue weighted by Crippen LogP contribution is 2.21. The molecule has 3 aromatic rings. The molecule has 24 heavy (non-hydrogen) atoms. The number of hydrogen-bond acceptors (Lipinski definition) is 4. The molecule has 5 nitrogen and oxygen atoms in total. The van der Waals surface area contributed by atoms with Crippen molar-refractivity contribution in [3.8, 4) is 5.75 Å². The van der Waals surface area contributed by atoms with E-state index in [2.05, 4.69) is 10.3 Å². The summed E-state index contributed by atoms with van der Waals surface area (Å²) in [5.74, 6) is 0.280. The Hall–Kier alpha value is -2.92. The van der Waals surface area contributed by atoms with Gasteiger partial charge >= 0.3 is 0 Å². The van der Waals surface area contributed by atoms with Crippen molar-refractivity contribution in [3.05, 3.63) is 66.4 Å². The first-order valence-corrected chi connectivity index (χ1v) is 7.68. The van der Waals surface area contributed by atoms with E-state index in [1.54, 1.807) is 37.4 Å². The Morgan fingerprint density at radius 3 is 2.83 bits per heavy atom. The van der Waals surface area contributed by atoms with Crippen molar-refractivity contribution in [1.82, 2.24) is 4.98 Å². The smallest absolute Gasteiger partial charge is 0.265 e. The Morgan fingerprint density at radius 2 is 2.00 bits per heavy atom. The number of nitrogens with zero attached hydrogens (tertiary/aromatic N) is 1. The number of rotatable bonds is 5. The lowest BCUT2D eigenvalue weighted by atomic mass is 10.2. The fraction of sp³-hybridized carbons (Fsp3) is 0.158. The van der Waals surface area contributed by atoms with Gasteiger partial charge in [0.1, 0.15) is 5.75 Å². The van der Waals surface area contributed by atoms with Gasteiger partial charge in [-0.05, 0) is 36.8 Å². The number of fused-ring (bicyclic) bond motifs is 1. The standard InChI is InChI=1S/C19H18N2O3/c1-13(24-16-8-2-5-14(11-16)12-22)19(23)21-17-9-3-6-15-7-4-10-20-18(15)17/h2-11,13,22H,12H2,1H3,(H,21,23). The molecule has 0 aliphatic heterocycles. The van der Waals surface area contributed by atoms with E-state index in [0.29, 0.717) is 11.4 Å². The van der Waals surface area contributed by atoms with Gasteiger partial charge in [0.2, 0.25) is 0 Å². The van der Waals surface area contributed by atoms with Crippen LogP contribution in [-0.2, 0) is 11.4 Å². The average molecular weight is 322 g/mol. The van der Waals surface area contributed by atoms with Crippen LogP contribution in [0.1, 0.15) is 12.5 Å². The van der Waals surface area contributed by atoms with Crippen molar-refractivity contribution >= 4 is 22.5 Å². The normalized spacial score (nSPS) is 11.9. The maximum absolute atomic E-state index is 12.4. The van der Waals surface area contributed by atoms with Gasteiger partial charge in [-0.1, -0.05) is 30.3 Å². The highest BCUT2D eigenvalue weighted by molar-refractivity contribution is 6.01. The Balaban J connectivity index is 1.73. The highest BCUT2D eigenvalue weighted by Gasteiger charge is 2.16. The van der Waals surface area contributed by atoms with Crippen LogP contribution in [0.4, 0.5) is 5.69 Å². The minimum atomic E-state index is -0.682. The first-order chi connectivity index (χ1) is 11.7. The Bertz CT molecular complexity index is 859. The second-order valence-electron chi connectivity index (χ2n) is 5.44. The van der Waals surface area contributed by atoms with Crippen molar-refractivity contribution < 1.29 is 14.6 Å². The number of aliphatic hydroxyl groups is 1. The van der Waals surface area contributed by atoms with Gasteiger partial charge in [0.15, 0.2) is 6.10 Å². The van der Waals surface area contributed by atoms with Gasteiger partial charge < -0.3 is 15.2 Å². The number of pyridine rings is 1. The largest absolute Gasteiger partial charge is 0.481 e. The van der Waals surface area contributed by atoms with E-state index in [1.165, 1.54) is 0 Å². The molecule has 0 aliphatic carbocycles. The first-order valence-electron chi connectivity index (χ1n) is 7.68. The van der Waals surface area contributed by atoms with Crippen LogP contribution in [0.3, 0.4) is 0 Å². The molecule has 0 spiro atoms. The third-order valence-electron chi connectivity index (χ3n) is 3.65. The summed E-state index contributed by atoms with van der Waals surface area (Å²) < 4.78 is 5.66. The molecule has 122 valence electrons. The third kappa shape index (κ3) is 3.52. The molecule has 1 heterocycles. The summed E-state index contributed by atoms with van der Waals surface area (Å²) in [5, 5.41) is 13.0. The number of aliphatic hydroxyl groups excluding tert-OH is 1. The second kappa shape index (κ2) is 7.10. The van der Waals surface area contributed by atoms with Gasteiger partial charge in [-0.2, -0.15) is 0 Å². The zero-order valence-electron chi connectivity index (χ0n) is 13.3. The van der Waals surface area contributed by atoms with Gasteiger partial charge in [0.25, 0.3) is 5.91 Å². The van der Waals surface area contributed by atoms with Crippen LogP contribution in [0.5, 0.6) is 5.75 Å². The molecule has 1 amide bonds. The summed E-state index contributed by atoms with van der Waals surface area (Å²) in [6.45, 7) is 1.61. The van der Waals surface area contributed by atoms with Crippen molar-refractivity contribution in [3.63, 3.8) is 0 Å². The maximum atomic E-state index is 12.4. The van der Waals surface area contributed by atoms with E-state index in [0.717, 1.165) is 16.5 Å². The number of benzene rings is 2. The van der Waals surface area contributed by atoms with E-state index in [9.17, 15) is 4.79 Å². The van der Waals surface area contributed by atoms with Gasteiger partial charge in [-0.3, -0.25) is 9.78 Å². The van der Waals surface area contributed by atoms with Crippen LogP contribution < -0.4 is 10.1 Å². The number of aromatic nitrogens is 1. The molecule has 3 rings (SSSR count). The molecule has 5 heteroatoms. The SMILES string of the molecule is CC(Oc1cccc(CO)c1)C(=O)Nc1cccc2cccnc12. The second-order valence-corrected chi connectivity index (χ2v) is 5.44. The Kier molecular flexibility index (Phi) is 4.72.